The zero-order chi connectivity index (χ0) is 23.1. The topological polar surface area (TPSA) is 151 Å². The number of hydrogen-bond acceptors (Lipinski definition) is 8. The molecule has 12 heteroatoms. The van der Waals surface area contributed by atoms with Gasteiger partial charge in [0.05, 0.1) is 17.3 Å². The molecule has 0 radical (unpaired) electrons. The third-order valence-corrected chi connectivity index (χ3v) is 7.91. The van der Waals surface area contributed by atoms with E-state index in [1.165, 1.54) is 0 Å². The van der Waals surface area contributed by atoms with Crippen molar-refractivity contribution < 1.29 is 51.3 Å². The lowest BCUT2D eigenvalue weighted by Gasteiger charge is -2.52. The molecule has 3 aliphatic carbocycles. The van der Waals surface area contributed by atoms with Crippen LogP contribution in [-0.4, -0.2) is 69.7 Å². The van der Waals surface area contributed by atoms with Crippen molar-refractivity contribution in [2.24, 2.45) is 11.8 Å². The fourth-order valence-electron chi connectivity index (χ4n) is 5.31. The van der Waals surface area contributed by atoms with Crippen LogP contribution in [-0.2, 0) is 24.4 Å². The molecule has 31 heavy (non-hydrogen) atoms. The number of hydrogen-bond donors (Lipinski definition) is 4. The molecule has 4 N–H and O–H groups in total. The van der Waals surface area contributed by atoms with E-state index in [2.05, 4.69) is 4.74 Å². The van der Waals surface area contributed by atoms with Crippen LogP contribution < -0.4 is 0 Å². The highest BCUT2D eigenvalue weighted by atomic mass is 32.2. The molecule has 4 unspecified atom stereocenters. The highest BCUT2D eigenvalue weighted by Crippen LogP contribution is 2.53. The molecule has 0 spiro atoms. The van der Waals surface area contributed by atoms with Gasteiger partial charge in [0, 0.05) is 5.92 Å². The van der Waals surface area contributed by atoms with E-state index < -0.39 is 51.5 Å². The number of carbonyl (C=O) groups is 1. The van der Waals surface area contributed by atoms with Gasteiger partial charge in [0.15, 0.2) is 0 Å². The molecule has 3 saturated carbocycles. The van der Waals surface area contributed by atoms with Gasteiger partial charge in [-0.3, -0.25) is 4.55 Å². The standard InChI is InChI=1S/C19H30F2O9S/c20-19(21,31(26,27)28)16(23)30-14(22)11-29-15-12(10-17(24)5-1-2-6-17)9-13(15)18(25)7-3-4-8-18/h12-13,15-16,23-25H,1-11H2,(H,26,27,28). The predicted octanol–water partition coefficient (Wildman–Crippen LogP) is 1.35. The Bertz CT molecular complexity index is 760. The Balaban J connectivity index is 1.61. The summed E-state index contributed by atoms with van der Waals surface area (Å²) in [6.45, 7) is -0.856. The van der Waals surface area contributed by atoms with Crippen LogP contribution in [0.25, 0.3) is 0 Å². The molecule has 0 aromatic heterocycles. The zero-order valence-corrected chi connectivity index (χ0v) is 17.9. The zero-order valence-electron chi connectivity index (χ0n) is 17.1. The van der Waals surface area contributed by atoms with Crippen molar-refractivity contribution in [3.63, 3.8) is 0 Å². The maximum atomic E-state index is 13.3. The van der Waals surface area contributed by atoms with Crippen LogP contribution in [0.2, 0.25) is 0 Å². The Labute approximate surface area is 179 Å². The fraction of sp³-hybridized carbons (Fsp3) is 0.947. The second kappa shape index (κ2) is 8.79. The van der Waals surface area contributed by atoms with Gasteiger partial charge in [0.25, 0.3) is 6.29 Å². The Morgan fingerprint density at radius 3 is 2.19 bits per heavy atom. The van der Waals surface area contributed by atoms with Crippen LogP contribution in [0.4, 0.5) is 8.78 Å². The largest absolute Gasteiger partial charge is 0.430 e. The number of rotatable bonds is 9. The first kappa shape index (κ1) is 24.7. The minimum atomic E-state index is -5.99. The van der Waals surface area contributed by atoms with Crippen molar-refractivity contribution in [2.45, 2.75) is 93.1 Å². The first-order valence-corrected chi connectivity index (χ1v) is 12.0. The summed E-state index contributed by atoms with van der Waals surface area (Å²) in [6, 6.07) is 0. The molecule has 3 rings (SSSR count). The summed E-state index contributed by atoms with van der Waals surface area (Å²) in [5.41, 5.74) is -1.79. The number of aliphatic hydroxyl groups excluding tert-OH is 1. The molecular formula is C19H30F2O9S. The molecule has 0 bridgehead atoms. The third kappa shape index (κ3) is 5.19. The Morgan fingerprint density at radius 1 is 1.10 bits per heavy atom. The molecule has 180 valence electrons. The molecule has 0 saturated heterocycles. The summed E-state index contributed by atoms with van der Waals surface area (Å²) in [5, 5.41) is 25.8. The van der Waals surface area contributed by atoms with Gasteiger partial charge in [0.2, 0.25) is 0 Å². The van der Waals surface area contributed by atoms with Crippen molar-refractivity contribution in [3.8, 4) is 0 Å². The highest BCUT2D eigenvalue weighted by Gasteiger charge is 2.56. The number of halogens is 2. The number of alkyl halides is 2. The van der Waals surface area contributed by atoms with Gasteiger partial charge in [0.1, 0.15) is 6.61 Å². The molecule has 0 amide bonds. The Hall–Kier alpha value is -0.920. The molecular weight excluding hydrogens is 442 g/mol. The minimum absolute atomic E-state index is 0.144. The quantitative estimate of drug-likeness (QED) is 0.221. The van der Waals surface area contributed by atoms with Crippen molar-refractivity contribution in [2.75, 3.05) is 6.61 Å². The predicted molar refractivity (Wildman–Crippen MR) is 101 cm³/mol. The first-order valence-electron chi connectivity index (χ1n) is 10.6. The summed E-state index contributed by atoms with van der Waals surface area (Å²) in [5.74, 6) is -1.88. The summed E-state index contributed by atoms with van der Waals surface area (Å²) < 4.78 is 66.0. The number of aliphatic hydroxyl groups is 3. The monoisotopic (exact) mass is 472 g/mol. The van der Waals surface area contributed by atoms with Gasteiger partial charge < -0.3 is 24.8 Å². The average molecular weight is 473 g/mol. The first-order chi connectivity index (χ1) is 14.3. The van der Waals surface area contributed by atoms with Crippen LogP contribution in [0.3, 0.4) is 0 Å². The summed E-state index contributed by atoms with van der Waals surface area (Å²) in [7, 11) is -5.99. The molecule has 3 fully saturated rings. The van der Waals surface area contributed by atoms with Crippen molar-refractivity contribution in [1.29, 1.82) is 0 Å². The maximum absolute atomic E-state index is 13.3. The number of esters is 1. The van der Waals surface area contributed by atoms with Crippen molar-refractivity contribution >= 4 is 16.1 Å². The average Bonchev–Trinajstić information content (AvgIpc) is 3.26. The van der Waals surface area contributed by atoms with E-state index >= 15 is 0 Å². The summed E-state index contributed by atoms with van der Waals surface area (Å²) >= 11 is 0. The van der Waals surface area contributed by atoms with Gasteiger partial charge in [-0.2, -0.15) is 17.2 Å². The van der Waals surface area contributed by atoms with Crippen LogP contribution in [0.5, 0.6) is 0 Å². The van der Waals surface area contributed by atoms with Crippen LogP contribution in [0.15, 0.2) is 0 Å². The van der Waals surface area contributed by atoms with Gasteiger partial charge in [-0.05, 0) is 44.4 Å². The second-order valence-corrected chi connectivity index (χ2v) is 10.7. The van der Waals surface area contributed by atoms with Gasteiger partial charge in [-0.1, -0.05) is 25.7 Å². The van der Waals surface area contributed by atoms with E-state index in [0.717, 1.165) is 25.7 Å². The van der Waals surface area contributed by atoms with Crippen molar-refractivity contribution in [3.05, 3.63) is 0 Å². The SMILES string of the molecule is O=C(COC1C(CC2(O)CCCC2)CC1C1(O)CCCC1)OC(O)C(F)(F)S(=O)(=O)O. The van der Waals surface area contributed by atoms with E-state index in [0.29, 0.717) is 38.5 Å². The van der Waals surface area contributed by atoms with E-state index in [1.807, 2.05) is 0 Å². The van der Waals surface area contributed by atoms with E-state index in [9.17, 15) is 37.3 Å². The van der Waals surface area contributed by atoms with E-state index in [-0.39, 0.29) is 11.8 Å². The van der Waals surface area contributed by atoms with Crippen molar-refractivity contribution in [1.82, 2.24) is 0 Å². The lowest BCUT2D eigenvalue weighted by atomic mass is 9.60. The summed E-state index contributed by atoms with van der Waals surface area (Å²) in [6.07, 6.45) is 3.03. The number of ether oxygens (including phenoxy) is 2. The molecule has 3 aliphatic rings. The second-order valence-electron chi connectivity index (χ2n) is 9.20. The van der Waals surface area contributed by atoms with Gasteiger partial charge in [-0.15, -0.1) is 0 Å². The van der Waals surface area contributed by atoms with E-state index in [4.69, 9.17) is 9.29 Å². The fourth-order valence-corrected chi connectivity index (χ4v) is 5.61. The Morgan fingerprint density at radius 2 is 1.65 bits per heavy atom. The maximum Gasteiger partial charge on any atom is 0.430 e. The molecule has 0 aliphatic heterocycles. The Kier molecular flexibility index (Phi) is 7.01. The molecule has 0 aromatic rings. The minimum Gasteiger partial charge on any atom is -0.426 e. The molecule has 9 nitrogen and oxygen atoms in total. The third-order valence-electron chi connectivity index (χ3n) is 7.02. The molecule has 4 atom stereocenters. The normalized spacial score (nSPS) is 31.2. The lowest BCUT2D eigenvalue weighted by Crippen LogP contribution is -2.57. The molecule has 0 heterocycles. The number of carbonyl (C=O) groups excluding carboxylic acids is 1. The summed E-state index contributed by atoms with van der Waals surface area (Å²) in [4.78, 5) is 11.9. The van der Waals surface area contributed by atoms with E-state index in [1.54, 1.807) is 0 Å². The van der Waals surface area contributed by atoms with Gasteiger partial charge in [-0.25, -0.2) is 4.79 Å². The van der Waals surface area contributed by atoms with Gasteiger partial charge >= 0.3 is 21.3 Å². The van der Waals surface area contributed by atoms with Crippen LogP contribution in [0, 0.1) is 11.8 Å². The smallest absolute Gasteiger partial charge is 0.426 e. The van der Waals surface area contributed by atoms with Crippen LogP contribution >= 0.6 is 0 Å². The lowest BCUT2D eigenvalue weighted by molar-refractivity contribution is -0.220. The molecule has 0 aromatic carbocycles. The van der Waals surface area contributed by atoms with Crippen LogP contribution in [0.1, 0.15) is 64.2 Å². The highest BCUT2D eigenvalue weighted by molar-refractivity contribution is 7.86.